The molecule has 1 heterocycles. The predicted molar refractivity (Wildman–Crippen MR) is 64.3 cm³/mol. The van der Waals surface area contributed by atoms with Crippen molar-refractivity contribution < 1.29 is 14.7 Å². The van der Waals surface area contributed by atoms with Crippen LogP contribution in [-0.4, -0.2) is 33.2 Å². The summed E-state index contributed by atoms with van der Waals surface area (Å²) in [7, 11) is 0. The molecule has 0 radical (unpaired) electrons. The SMILES string of the molecule is NC(=O)NCCn1cnc2c(C(=O)O)cccc21. The van der Waals surface area contributed by atoms with Crippen LogP contribution in [0, 0.1) is 0 Å². The lowest BCUT2D eigenvalue weighted by atomic mass is 10.2. The maximum Gasteiger partial charge on any atom is 0.337 e. The van der Waals surface area contributed by atoms with Crippen LogP contribution in [0.3, 0.4) is 0 Å². The maximum atomic E-state index is 11.0. The lowest BCUT2D eigenvalue weighted by molar-refractivity contribution is 0.0699. The number of carbonyl (C=O) groups is 2. The van der Waals surface area contributed by atoms with Gasteiger partial charge in [-0.3, -0.25) is 0 Å². The normalized spacial score (nSPS) is 10.4. The number of carboxylic acid groups (broad SMARTS) is 1. The number of hydrogen-bond acceptors (Lipinski definition) is 3. The van der Waals surface area contributed by atoms with E-state index in [4.69, 9.17) is 10.8 Å². The highest BCUT2D eigenvalue weighted by Crippen LogP contribution is 2.17. The molecule has 0 aliphatic rings. The number of hydrogen-bond donors (Lipinski definition) is 3. The largest absolute Gasteiger partial charge is 0.478 e. The first kappa shape index (κ1) is 11.9. The highest BCUT2D eigenvalue weighted by atomic mass is 16.4. The smallest absolute Gasteiger partial charge is 0.337 e. The van der Waals surface area contributed by atoms with Gasteiger partial charge >= 0.3 is 12.0 Å². The minimum Gasteiger partial charge on any atom is -0.478 e. The Bertz CT molecular complexity index is 605. The summed E-state index contributed by atoms with van der Waals surface area (Å²) in [5.74, 6) is -1.01. The molecule has 0 unspecified atom stereocenters. The second-order valence-corrected chi connectivity index (χ2v) is 3.71. The molecule has 0 aliphatic heterocycles. The van der Waals surface area contributed by atoms with Crippen molar-refractivity contribution in [2.45, 2.75) is 6.54 Å². The minimum absolute atomic E-state index is 0.161. The zero-order valence-corrected chi connectivity index (χ0v) is 9.46. The Balaban J connectivity index is 2.28. The number of carboxylic acids is 1. The van der Waals surface area contributed by atoms with Crippen molar-refractivity contribution in [2.24, 2.45) is 5.73 Å². The van der Waals surface area contributed by atoms with Gasteiger partial charge in [-0.15, -0.1) is 0 Å². The van der Waals surface area contributed by atoms with Gasteiger partial charge in [0.2, 0.25) is 0 Å². The van der Waals surface area contributed by atoms with E-state index in [1.165, 1.54) is 6.07 Å². The molecular weight excluding hydrogens is 236 g/mol. The van der Waals surface area contributed by atoms with Gasteiger partial charge < -0.3 is 20.7 Å². The van der Waals surface area contributed by atoms with E-state index in [-0.39, 0.29) is 5.56 Å². The van der Waals surface area contributed by atoms with Gasteiger partial charge in [-0.05, 0) is 12.1 Å². The standard InChI is InChI=1S/C11H12N4O3/c12-11(18)13-4-5-15-6-14-9-7(10(16)17)2-1-3-8(9)15/h1-3,6H,4-5H2,(H,16,17)(H3,12,13,18). The van der Waals surface area contributed by atoms with Gasteiger partial charge in [0.05, 0.1) is 17.4 Å². The molecule has 1 aromatic carbocycles. The Morgan fingerprint density at radius 2 is 2.22 bits per heavy atom. The first-order valence-electron chi connectivity index (χ1n) is 5.30. The van der Waals surface area contributed by atoms with Crippen LogP contribution in [0.2, 0.25) is 0 Å². The van der Waals surface area contributed by atoms with Gasteiger partial charge in [0.25, 0.3) is 0 Å². The molecule has 7 heteroatoms. The highest BCUT2D eigenvalue weighted by Gasteiger charge is 2.11. The number of aromatic carboxylic acids is 1. The number of primary amides is 1. The number of para-hydroxylation sites is 1. The Hall–Kier alpha value is -2.57. The van der Waals surface area contributed by atoms with Crippen molar-refractivity contribution in [1.82, 2.24) is 14.9 Å². The van der Waals surface area contributed by atoms with Crippen LogP contribution in [0.5, 0.6) is 0 Å². The summed E-state index contributed by atoms with van der Waals surface area (Å²) >= 11 is 0. The van der Waals surface area contributed by atoms with E-state index >= 15 is 0 Å². The fraction of sp³-hybridized carbons (Fsp3) is 0.182. The molecule has 4 N–H and O–H groups in total. The fourth-order valence-electron chi connectivity index (χ4n) is 1.74. The molecule has 0 aliphatic carbocycles. The van der Waals surface area contributed by atoms with E-state index in [0.29, 0.717) is 24.1 Å². The van der Waals surface area contributed by atoms with Gasteiger partial charge in [0, 0.05) is 13.1 Å². The predicted octanol–water partition coefficient (Wildman–Crippen LogP) is 0.403. The van der Waals surface area contributed by atoms with Crippen LogP contribution in [0.1, 0.15) is 10.4 Å². The molecule has 2 aromatic rings. The van der Waals surface area contributed by atoms with E-state index in [0.717, 1.165) is 0 Å². The van der Waals surface area contributed by atoms with E-state index in [2.05, 4.69) is 10.3 Å². The average Bonchev–Trinajstić information content (AvgIpc) is 2.72. The Morgan fingerprint density at radius 3 is 2.89 bits per heavy atom. The third kappa shape index (κ3) is 2.24. The van der Waals surface area contributed by atoms with Crippen molar-refractivity contribution in [3.8, 4) is 0 Å². The van der Waals surface area contributed by atoms with Crippen molar-refractivity contribution >= 4 is 23.0 Å². The molecule has 0 saturated heterocycles. The maximum absolute atomic E-state index is 11.0. The number of benzene rings is 1. The molecule has 0 atom stereocenters. The number of nitrogens with two attached hydrogens (primary N) is 1. The van der Waals surface area contributed by atoms with E-state index in [1.54, 1.807) is 23.0 Å². The summed E-state index contributed by atoms with van der Waals surface area (Å²) in [6, 6.07) is 4.35. The molecule has 2 amide bonds. The number of imidazole rings is 1. The highest BCUT2D eigenvalue weighted by molar-refractivity contribution is 6.00. The third-order valence-electron chi connectivity index (χ3n) is 2.53. The van der Waals surface area contributed by atoms with Crippen LogP contribution in [-0.2, 0) is 6.54 Å². The Kier molecular flexibility index (Phi) is 3.13. The van der Waals surface area contributed by atoms with E-state index in [9.17, 15) is 9.59 Å². The lowest BCUT2D eigenvalue weighted by Gasteiger charge is -2.04. The summed E-state index contributed by atoms with van der Waals surface area (Å²) in [5.41, 5.74) is 6.26. The third-order valence-corrected chi connectivity index (χ3v) is 2.53. The van der Waals surface area contributed by atoms with Crippen LogP contribution in [0.25, 0.3) is 11.0 Å². The fourth-order valence-corrected chi connectivity index (χ4v) is 1.74. The monoisotopic (exact) mass is 248 g/mol. The van der Waals surface area contributed by atoms with Crippen LogP contribution in [0.4, 0.5) is 4.79 Å². The quantitative estimate of drug-likeness (QED) is 0.727. The van der Waals surface area contributed by atoms with Crippen molar-refractivity contribution in [2.75, 3.05) is 6.54 Å². The molecule has 2 rings (SSSR count). The summed E-state index contributed by atoms with van der Waals surface area (Å²) in [5, 5.41) is 11.5. The number of aromatic nitrogens is 2. The van der Waals surface area contributed by atoms with E-state index in [1.807, 2.05) is 0 Å². The molecule has 7 nitrogen and oxygen atoms in total. The summed E-state index contributed by atoms with van der Waals surface area (Å²) in [4.78, 5) is 25.6. The number of nitrogens with one attached hydrogen (secondary N) is 1. The number of nitrogens with zero attached hydrogens (tertiary/aromatic N) is 2. The van der Waals surface area contributed by atoms with Crippen molar-refractivity contribution in [3.05, 3.63) is 30.1 Å². The second-order valence-electron chi connectivity index (χ2n) is 3.71. The van der Waals surface area contributed by atoms with Crippen molar-refractivity contribution in [1.29, 1.82) is 0 Å². The summed E-state index contributed by atoms with van der Waals surface area (Å²) in [6.45, 7) is 0.834. The van der Waals surface area contributed by atoms with Gasteiger partial charge in [-0.25, -0.2) is 14.6 Å². The number of carbonyl (C=O) groups excluding carboxylic acids is 1. The topological polar surface area (TPSA) is 110 Å². The molecular formula is C11H12N4O3. The molecule has 18 heavy (non-hydrogen) atoms. The Morgan fingerprint density at radius 1 is 1.44 bits per heavy atom. The minimum atomic E-state index is -1.01. The first-order valence-corrected chi connectivity index (χ1v) is 5.30. The molecule has 0 fully saturated rings. The molecule has 0 bridgehead atoms. The van der Waals surface area contributed by atoms with Gasteiger partial charge in [0.1, 0.15) is 5.52 Å². The van der Waals surface area contributed by atoms with Crippen molar-refractivity contribution in [3.63, 3.8) is 0 Å². The van der Waals surface area contributed by atoms with Gasteiger partial charge in [-0.2, -0.15) is 0 Å². The summed E-state index contributed by atoms with van der Waals surface area (Å²) in [6.07, 6.45) is 1.54. The summed E-state index contributed by atoms with van der Waals surface area (Å²) < 4.78 is 1.76. The molecule has 94 valence electrons. The zero-order valence-electron chi connectivity index (χ0n) is 9.46. The van der Waals surface area contributed by atoms with Gasteiger partial charge in [0.15, 0.2) is 0 Å². The first-order chi connectivity index (χ1) is 8.59. The number of fused-ring (bicyclic) bond motifs is 1. The van der Waals surface area contributed by atoms with E-state index < -0.39 is 12.0 Å². The van der Waals surface area contributed by atoms with Crippen LogP contribution < -0.4 is 11.1 Å². The van der Waals surface area contributed by atoms with Gasteiger partial charge in [-0.1, -0.05) is 6.07 Å². The molecule has 0 spiro atoms. The average molecular weight is 248 g/mol. The number of urea groups is 1. The Labute approximate surface area is 102 Å². The lowest BCUT2D eigenvalue weighted by Crippen LogP contribution is -2.31. The van der Waals surface area contributed by atoms with Crippen LogP contribution >= 0.6 is 0 Å². The van der Waals surface area contributed by atoms with Crippen LogP contribution in [0.15, 0.2) is 24.5 Å². The molecule has 1 aromatic heterocycles. The zero-order chi connectivity index (χ0) is 13.1. The second kappa shape index (κ2) is 4.74. The number of amides is 2. The number of rotatable bonds is 4. The molecule has 0 saturated carbocycles.